The largest absolute Gasteiger partial charge is 0.422 e. The van der Waals surface area contributed by atoms with Gasteiger partial charge < -0.3 is 9.47 Å². The van der Waals surface area contributed by atoms with E-state index in [1.54, 1.807) is 0 Å². The maximum Gasteiger partial charge on any atom is 0.345 e. The van der Waals surface area contributed by atoms with Crippen molar-refractivity contribution in [1.29, 1.82) is 0 Å². The number of fused-ring (bicyclic) bond motifs is 2. The molecule has 0 N–H and O–H groups in total. The third-order valence-corrected chi connectivity index (χ3v) is 7.28. The quantitative estimate of drug-likeness (QED) is 0.174. The fourth-order valence-corrected chi connectivity index (χ4v) is 5.26. The minimum atomic E-state index is -0.441. The number of carbonyl (C=O) groups excluding carboxylic acids is 2. The predicted molar refractivity (Wildman–Crippen MR) is 145 cm³/mol. The number of aryl methyl sites for hydroxylation is 4. The summed E-state index contributed by atoms with van der Waals surface area (Å²) < 4.78 is 11.7. The van der Waals surface area contributed by atoms with Gasteiger partial charge in [0, 0.05) is 11.1 Å². The molecule has 4 rings (SSSR count). The van der Waals surface area contributed by atoms with E-state index in [0.29, 0.717) is 22.6 Å². The van der Waals surface area contributed by atoms with Gasteiger partial charge >= 0.3 is 11.9 Å². The highest BCUT2D eigenvalue weighted by Gasteiger charge is 2.40. The van der Waals surface area contributed by atoms with Gasteiger partial charge in [0.05, 0.1) is 11.1 Å². The van der Waals surface area contributed by atoms with Gasteiger partial charge in [0.2, 0.25) is 0 Å². The van der Waals surface area contributed by atoms with Crippen molar-refractivity contribution >= 4 is 23.1 Å². The van der Waals surface area contributed by atoms with Crippen molar-refractivity contribution in [3.8, 4) is 11.5 Å². The molecule has 0 fully saturated rings. The highest BCUT2D eigenvalue weighted by molar-refractivity contribution is 6.41. The van der Waals surface area contributed by atoms with E-state index in [-0.39, 0.29) is 0 Å². The number of carbonyl (C=O) groups is 2. The van der Waals surface area contributed by atoms with Gasteiger partial charge in [0.25, 0.3) is 0 Å². The normalized spacial score (nSPS) is 16.2. The van der Waals surface area contributed by atoms with Crippen LogP contribution >= 0.6 is 0 Å². The molecule has 2 heterocycles. The van der Waals surface area contributed by atoms with E-state index in [1.807, 2.05) is 0 Å². The molecule has 0 unspecified atom stereocenters. The van der Waals surface area contributed by atoms with E-state index in [1.165, 1.54) is 11.1 Å². The number of rotatable bonds is 12. The van der Waals surface area contributed by atoms with Crippen molar-refractivity contribution in [3.63, 3.8) is 0 Å². The first kappa shape index (κ1) is 26.2. The van der Waals surface area contributed by atoms with E-state index >= 15 is 0 Å². The third-order valence-electron chi connectivity index (χ3n) is 7.28. The lowest BCUT2D eigenvalue weighted by Crippen LogP contribution is -2.08. The van der Waals surface area contributed by atoms with Crippen molar-refractivity contribution in [2.45, 2.75) is 105 Å². The molecule has 0 saturated heterocycles. The fraction of sp³-hybridized carbons (Fsp3) is 0.500. The van der Waals surface area contributed by atoms with Crippen LogP contribution in [0.3, 0.4) is 0 Å². The van der Waals surface area contributed by atoms with Crippen molar-refractivity contribution in [2.75, 3.05) is 0 Å². The first-order valence-electron chi connectivity index (χ1n) is 14.0. The Balaban J connectivity index is 1.90. The van der Waals surface area contributed by atoms with Gasteiger partial charge in [-0.3, -0.25) is 0 Å². The summed E-state index contributed by atoms with van der Waals surface area (Å²) in [6, 6.07) is 8.52. The number of unbranched alkanes of at least 4 members (excludes halogenated alkanes) is 4. The first-order chi connectivity index (χ1) is 17.5. The van der Waals surface area contributed by atoms with Crippen molar-refractivity contribution in [1.82, 2.24) is 0 Å². The molecule has 0 radical (unpaired) electrons. The number of ether oxygens (including phenoxy) is 2. The molecular weight excluding hydrogens is 448 g/mol. The van der Waals surface area contributed by atoms with Crippen LogP contribution in [0.25, 0.3) is 11.1 Å². The fourth-order valence-electron chi connectivity index (χ4n) is 5.26. The number of hydrogen-bond acceptors (Lipinski definition) is 4. The van der Waals surface area contributed by atoms with E-state index in [9.17, 15) is 9.59 Å². The van der Waals surface area contributed by atoms with Gasteiger partial charge in [-0.2, -0.15) is 0 Å². The van der Waals surface area contributed by atoms with Crippen LogP contribution < -0.4 is 9.47 Å². The van der Waals surface area contributed by atoms with E-state index in [4.69, 9.17) is 9.47 Å². The van der Waals surface area contributed by atoms with Crippen LogP contribution in [0.15, 0.2) is 24.3 Å². The lowest BCUT2D eigenvalue weighted by atomic mass is 9.89. The zero-order valence-corrected chi connectivity index (χ0v) is 22.4. The van der Waals surface area contributed by atoms with Crippen LogP contribution in [-0.4, -0.2) is 11.9 Å². The molecule has 0 saturated carbocycles. The smallest absolute Gasteiger partial charge is 0.345 e. The molecule has 0 spiro atoms. The van der Waals surface area contributed by atoms with Crippen LogP contribution in [0.5, 0.6) is 11.5 Å². The second-order valence-electron chi connectivity index (χ2n) is 10.2. The summed E-state index contributed by atoms with van der Waals surface area (Å²) in [5.41, 5.74) is 6.79. The van der Waals surface area contributed by atoms with Crippen LogP contribution in [0.2, 0.25) is 0 Å². The van der Waals surface area contributed by atoms with E-state index in [0.717, 1.165) is 99.3 Å². The Morgan fingerprint density at radius 3 is 1.25 bits per heavy atom. The van der Waals surface area contributed by atoms with Crippen molar-refractivity contribution in [3.05, 3.63) is 57.6 Å². The Hall–Kier alpha value is -2.88. The van der Waals surface area contributed by atoms with Gasteiger partial charge in [0.1, 0.15) is 11.5 Å². The number of hydrogen-bond donors (Lipinski definition) is 0. The summed E-state index contributed by atoms with van der Waals surface area (Å²) in [7, 11) is 0. The minimum absolute atomic E-state index is 0.374. The Morgan fingerprint density at radius 2 is 0.889 bits per heavy atom. The van der Waals surface area contributed by atoms with Crippen LogP contribution in [0.4, 0.5) is 0 Å². The molecule has 0 amide bonds. The molecule has 36 heavy (non-hydrogen) atoms. The van der Waals surface area contributed by atoms with Crippen LogP contribution in [-0.2, 0) is 35.3 Å². The molecule has 192 valence electrons. The molecule has 0 aliphatic carbocycles. The Morgan fingerprint density at radius 1 is 0.528 bits per heavy atom. The zero-order valence-electron chi connectivity index (χ0n) is 22.4. The molecule has 0 atom stereocenters. The summed E-state index contributed by atoms with van der Waals surface area (Å²) >= 11 is 0. The summed E-state index contributed by atoms with van der Waals surface area (Å²) in [5.74, 6) is 0.380. The molecule has 4 heteroatoms. The monoisotopic (exact) mass is 488 g/mol. The molecule has 2 aliphatic rings. The maximum absolute atomic E-state index is 13.4. The standard InChI is InChI=1S/C32H40O4/c1-5-9-13-21-17-23(15-11-7-3)29-25(19-21)27(31(33)35-29)28-26-20-22(14-10-6-2)18-24(16-12-8-4)30(26)36-32(28)34/h17-20H,5-16H2,1-4H3/b28-27+. The van der Waals surface area contributed by atoms with Gasteiger partial charge in [0.15, 0.2) is 0 Å². The average molecular weight is 489 g/mol. The van der Waals surface area contributed by atoms with Gasteiger partial charge in [-0.05, 0) is 85.8 Å². The van der Waals surface area contributed by atoms with Gasteiger partial charge in [-0.25, -0.2) is 9.59 Å². The first-order valence-corrected chi connectivity index (χ1v) is 14.0. The Bertz CT molecular complexity index is 1080. The summed E-state index contributed by atoms with van der Waals surface area (Å²) in [4.78, 5) is 26.7. The molecule has 2 aliphatic heterocycles. The highest BCUT2D eigenvalue weighted by atomic mass is 16.5. The second-order valence-corrected chi connectivity index (χ2v) is 10.2. The molecule has 4 nitrogen and oxygen atoms in total. The molecule has 0 aromatic heterocycles. The highest BCUT2D eigenvalue weighted by Crippen LogP contribution is 2.48. The number of esters is 2. The lowest BCUT2D eigenvalue weighted by molar-refractivity contribution is -0.129. The van der Waals surface area contributed by atoms with Gasteiger partial charge in [-0.1, -0.05) is 65.5 Å². The third kappa shape index (κ3) is 5.28. The predicted octanol–water partition coefficient (Wildman–Crippen LogP) is 7.81. The molecular formula is C32H40O4. The van der Waals surface area contributed by atoms with E-state index < -0.39 is 11.9 Å². The van der Waals surface area contributed by atoms with Gasteiger partial charge in [-0.15, -0.1) is 0 Å². The van der Waals surface area contributed by atoms with Crippen molar-refractivity contribution in [2.24, 2.45) is 0 Å². The van der Waals surface area contributed by atoms with Crippen LogP contribution in [0, 0.1) is 0 Å². The molecule has 0 bridgehead atoms. The molecule has 2 aromatic carbocycles. The maximum atomic E-state index is 13.4. The molecule has 2 aromatic rings. The van der Waals surface area contributed by atoms with E-state index in [2.05, 4.69) is 52.0 Å². The lowest BCUT2D eigenvalue weighted by Gasteiger charge is -2.11. The summed E-state index contributed by atoms with van der Waals surface area (Å²) in [6.45, 7) is 8.70. The Kier molecular flexibility index (Phi) is 8.66. The van der Waals surface area contributed by atoms with Crippen LogP contribution in [0.1, 0.15) is 112 Å². The number of benzene rings is 2. The summed E-state index contributed by atoms with van der Waals surface area (Å²) in [6.07, 6.45) is 12.2. The summed E-state index contributed by atoms with van der Waals surface area (Å²) in [5, 5.41) is 0. The SMILES string of the molecule is CCCCc1cc(CCCC)c2c(c1)/C(=C1\C(=O)Oc3c(CCCC)cc(CCCC)cc31)C(=O)O2. The zero-order chi connectivity index (χ0) is 25.7. The second kappa shape index (κ2) is 11.9. The Labute approximate surface area is 216 Å². The topological polar surface area (TPSA) is 52.6 Å². The average Bonchev–Trinajstić information content (AvgIpc) is 3.37. The minimum Gasteiger partial charge on any atom is -0.422 e. The van der Waals surface area contributed by atoms with Crippen molar-refractivity contribution < 1.29 is 19.1 Å².